The van der Waals surface area contributed by atoms with E-state index >= 15 is 0 Å². The average molecular weight is 306 g/mol. The maximum atomic E-state index is 11.6. The predicted molar refractivity (Wildman–Crippen MR) is 88.2 cm³/mol. The first-order chi connectivity index (χ1) is 10.6. The van der Waals surface area contributed by atoms with Crippen LogP contribution in [0.5, 0.6) is 0 Å². The van der Waals surface area contributed by atoms with Gasteiger partial charge in [0.2, 0.25) is 0 Å². The fourth-order valence-corrected chi connectivity index (χ4v) is 2.72. The molecule has 0 aliphatic carbocycles. The van der Waals surface area contributed by atoms with Crippen LogP contribution in [0.3, 0.4) is 0 Å². The van der Waals surface area contributed by atoms with Crippen molar-refractivity contribution in [2.24, 2.45) is 5.92 Å². The molecule has 1 aromatic carbocycles. The van der Waals surface area contributed by atoms with E-state index in [0.717, 1.165) is 31.6 Å². The number of rotatable bonds is 6. The van der Waals surface area contributed by atoms with Crippen molar-refractivity contribution in [1.82, 2.24) is 0 Å². The van der Waals surface area contributed by atoms with Gasteiger partial charge in [-0.15, -0.1) is 0 Å². The van der Waals surface area contributed by atoms with Gasteiger partial charge in [-0.25, -0.2) is 4.79 Å². The Morgan fingerprint density at radius 2 is 2.00 bits per heavy atom. The molecule has 0 amide bonds. The number of carbonyl (C=O) groups excluding carboxylic acids is 1. The molecule has 0 saturated carbocycles. The monoisotopic (exact) mass is 306 g/mol. The summed E-state index contributed by atoms with van der Waals surface area (Å²) < 4.78 is 4.99. The van der Waals surface area contributed by atoms with Gasteiger partial charge in [-0.05, 0) is 56.9 Å². The van der Waals surface area contributed by atoms with Gasteiger partial charge in [-0.1, -0.05) is 0 Å². The molecule has 0 spiro atoms. The standard InChI is InChI=1S/C17H26N2O3/c1-3-22-17(21)13(2)18-15-4-6-16(7-5-15)19-10-8-14(12-20)9-11-19/h4-7,13-14,18,20H,3,8-12H2,1-2H3. The second-order valence-electron chi connectivity index (χ2n) is 5.78. The van der Waals surface area contributed by atoms with Gasteiger partial charge in [0.05, 0.1) is 6.61 Å². The number of carbonyl (C=O) groups is 1. The van der Waals surface area contributed by atoms with Crippen molar-refractivity contribution < 1.29 is 14.6 Å². The molecule has 1 heterocycles. The molecule has 122 valence electrons. The molecule has 0 aromatic heterocycles. The molecule has 1 atom stereocenters. The Balaban J connectivity index is 1.89. The number of nitrogens with one attached hydrogen (secondary N) is 1. The smallest absolute Gasteiger partial charge is 0.328 e. The minimum atomic E-state index is -0.355. The van der Waals surface area contributed by atoms with Crippen molar-refractivity contribution in [1.29, 1.82) is 0 Å². The molecule has 1 aliphatic rings. The lowest BCUT2D eigenvalue weighted by Crippen LogP contribution is -2.34. The molecule has 1 unspecified atom stereocenters. The molecule has 1 saturated heterocycles. The summed E-state index contributed by atoms with van der Waals surface area (Å²) in [7, 11) is 0. The van der Waals surface area contributed by atoms with Gasteiger partial charge < -0.3 is 20.1 Å². The number of hydrogen-bond donors (Lipinski definition) is 2. The van der Waals surface area contributed by atoms with Crippen LogP contribution >= 0.6 is 0 Å². The fraction of sp³-hybridized carbons (Fsp3) is 0.588. The van der Waals surface area contributed by atoms with Crippen LogP contribution in [0.1, 0.15) is 26.7 Å². The highest BCUT2D eigenvalue weighted by Gasteiger charge is 2.19. The highest BCUT2D eigenvalue weighted by atomic mass is 16.5. The summed E-state index contributed by atoms with van der Waals surface area (Å²) in [5.74, 6) is 0.209. The summed E-state index contributed by atoms with van der Waals surface area (Å²) >= 11 is 0. The van der Waals surface area contributed by atoms with Crippen LogP contribution in [0.4, 0.5) is 11.4 Å². The van der Waals surface area contributed by atoms with Gasteiger partial charge in [-0.3, -0.25) is 0 Å². The second kappa shape index (κ2) is 8.03. The summed E-state index contributed by atoms with van der Waals surface area (Å²) in [6.07, 6.45) is 2.08. The Morgan fingerprint density at radius 1 is 1.36 bits per heavy atom. The molecule has 5 nitrogen and oxygen atoms in total. The van der Waals surface area contributed by atoms with Crippen molar-refractivity contribution in [3.8, 4) is 0 Å². The van der Waals surface area contributed by atoms with Gasteiger partial charge in [0.1, 0.15) is 6.04 Å². The number of nitrogens with zero attached hydrogens (tertiary/aromatic N) is 1. The Morgan fingerprint density at radius 3 is 2.55 bits per heavy atom. The zero-order valence-corrected chi connectivity index (χ0v) is 13.4. The van der Waals surface area contributed by atoms with E-state index in [-0.39, 0.29) is 12.0 Å². The average Bonchev–Trinajstić information content (AvgIpc) is 2.56. The topological polar surface area (TPSA) is 61.8 Å². The lowest BCUT2D eigenvalue weighted by atomic mass is 9.97. The van der Waals surface area contributed by atoms with Crippen LogP contribution < -0.4 is 10.2 Å². The SMILES string of the molecule is CCOC(=O)C(C)Nc1ccc(N2CCC(CO)CC2)cc1. The lowest BCUT2D eigenvalue weighted by molar-refractivity contribution is -0.143. The molecule has 22 heavy (non-hydrogen) atoms. The van der Waals surface area contributed by atoms with Crippen LogP contribution in [0.2, 0.25) is 0 Å². The molecule has 2 rings (SSSR count). The number of anilines is 2. The number of aliphatic hydroxyl groups excluding tert-OH is 1. The van der Waals surface area contributed by atoms with E-state index in [9.17, 15) is 9.90 Å². The largest absolute Gasteiger partial charge is 0.464 e. The normalized spacial score (nSPS) is 17.1. The molecule has 5 heteroatoms. The van der Waals surface area contributed by atoms with Crippen molar-refractivity contribution in [2.75, 3.05) is 36.5 Å². The summed E-state index contributed by atoms with van der Waals surface area (Å²) in [6, 6.07) is 7.76. The molecule has 0 bridgehead atoms. The maximum Gasteiger partial charge on any atom is 0.328 e. The first-order valence-electron chi connectivity index (χ1n) is 8.03. The van der Waals surface area contributed by atoms with Crippen molar-refractivity contribution in [3.05, 3.63) is 24.3 Å². The summed E-state index contributed by atoms with van der Waals surface area (Å²) in [6.45, 7) is 6.26. The number of aliphatic hydroxyl groups is 1. The number of hydrogen-bond acceptors (Lipinski definition) is 5. The second-order valence-corrected chi connectivity index (χ2v) is 5.78. The van der Waals surface area contributed by atoms with E-state index in [2.05, 4.69) is 22.3 Å². The Bertz CT molecular complexity index is 467. The van der Waals surface area contributed by atoms with E-state index in [4.69, 9.17) is 4.74 Å². The predicted octanol–water partition coefficient (Wildman–Crippen LogP) is 2.26. The van der Waals surface area contributed by atoms with E-state index in [1.807, 2.05) is 12.1 Å². The molecule has 1 aliphatic heterocycles. The Labute approximate surface area is 132 Å². The molecular weight excluding hydrogens is 280 g/mol. The van der Waals surface area contributed by atoms with Crippen LogP contribution in [-0.2, 0) is 9.53 Å². The lowest BCUT2D eigenvalue weighted by Gasteiger charge is -2.33. The van der Waals surface area contributed by atoms with E-state index < -0.39 is 0 Å². The van der Waals surface area contributed by atoms with E-state index in [0.29, 0.717) is 19.1 Å². The third-order valence-corrected chi connectivity index (χ3v) is 4.13. The molecular formula is C17H26N2O3. The number of ether oxygens (including phenoxy) is 1. The highest BCUT2D eigenvalue weighted by Crippen LogP contribution is 2.24. The van der Waals surface area contributed by atoms with Crippen LogP contribution in [0.25, 0.3) is 0 Å². The van der Waals surface area contributed by atoms with E-state index in [1.54, 1.807) is 13.8 Å². The van der Waals surface area contributed by atoms with Gasteiger partial charge in [-0.2, -0.15) is 0 Å². The van der Waals surface area contributed by atoms with Gasteiger partial charge >= 0.3 is 5.97 Å². The van der Waals surface area contributed by atoms with Crippen molar-refractivity contribution in [2.45, 2.75) is 32.7 Å². The van der Waals surface area contributed by atoms with Crippen molar-refractivity contribution >= 4 is 17.3 Å². The van der Waals surface area contributed by atoms with Gasteiger partial charge in [0.15, 0.2) is 0 Å². The summed E-state index contributed by atoms with van der Waals surface area (Å²) in [4.78, 5) is 13.9. The molecule has 0 radical (unpaired) electrons. The Kier molecular flexibility index (Phi) is 6.07. The molecule has 1 fully saturated rings. The minimum absolute atomic E-state index is 0.238. The zero-order chi connectivity index (χ0) is 15.9. The molecule has 1 aromatic rings. The number of benzene rings is 1. The van der Waals surface area contributed by atoms with Crippen LogP contribution in [-0.4, -0.2) is 43.4 Å². The Hall–Kier alpha value is -1.75. The van der Waals surface area contributed by atoms with E-state index in [1.165, 1.54) is 5.69 Å². The van der Waals surface area contributed by atoms with Gasteiger partial charge in [0.25, 0.3) is 0 Å². The third kappa shape index (κ3) is 4.37. The quantitative estimate of drug-likeness (QED) is 0.789. The van der Waals surface area contributed by atoms with Crippen molar-refractivity contribution in [3.63, 3.8) is 0 Å². The first-order valence-corrected chi connectivity index (χ1v) is 8.03. The third-order valence-electron chi connectivity index (χ3n) is 4.13. The summed E-state index contributed by atoms with van der Waals surface area (Å²) in [5, 5.41) is 12.3. The number of esters is 1. The first kappa shape index (κ1) is 16.6. The fourth-order valence-electron chi connectivity index (χ4n) is 2.72. The summed E-state index contributed by atoms with van der Waals surface area (Å²) in [5.41, 5.74) is 2.10. The maximum absolute atomic E-state index is 11.6. The van der Waals surface area contributed by atoms with Gasteiger partial charge in [0, 0.05) is 31.1 Å². The number of piperidine rings is 1. The van der Waals surface area contributed by atoms with Crippen LogP contribution in [0.15, 0.2) is 24.3 Å². The molecule has 2 N–H and O–H groups in total. The zero-order valence-electron chi connectivity index (χ0n) is 13.4. The minimum Gasteiger partial charge on any atom is -0.464 e. The van der Waals surface area contributed by atoms with Crippen LogP contribution in [0, 0.1) is 5.92 Å². The highest BCUT2D eigenvalue weighted by molar-refractivity contribution is 5.78.